The lowest BCUT2D eigenvalue weighted by Crippen LogP contribution is -2.32. The van der Waals surface area contributed by atoms with Crippen LogP contribution in [0.1, 0.15) is 28.1 Å². The number of carbonyl (C=O) groups excluding carboxylic acids is 2. The van der Waals surface area contributed by atoms with Gasteiger partial charge in [0.15, 0.2) is 0 Å². The van der Waals surface area contributed by atoms with Crippen LogP contribution >= 0.6 is 11.8 Å². The van der Waals surface area contributed by atoms with E-state index in [4.69, 9.17) is 4.74 Å². The highest BCUT2D eigenvalue weighted by Crippen LogP contribution is 2.34. The molecule has 1 fully saturated rings. The lowest BCUT2D eigenvalue weighted by Gasteiger charge is -2.14. The smallest absolute Gasteiger partial charge is 0.293 e. The highest BCUT2D eigenvalue weighted by Gasteiger charge is 2.35. The molecular weight excluding hydrogens is 466 g/mol. The van der Waals surface area contributed by atoms with E-state index in [1.807, 2.05) is 56.5 Å². The molecule has 0 bridgehead atoms. The molecule has 1 saturated heterocycles. The van der Waals surface area contributed by atoms with Gasteiger partial charge in [-0.1, -0.05) is 12.1 Å². The monoisotopic (exact) mass is 491 g/mol. The first-order valence-electron chi connectivity index (χ1n) is 11.0. The molecule has 0 unspecified atom stereocenters. The van der Waals surface area contributed by atoms with Crippen LogP contribution in [0.25, 0.3) is 11.8 Å². The summed E-state index contributed by atoms with van der Waals surface area (Å²) in [5.74, 6) is 0.399. The van der Waals surface area contributed by atoms with E-state index in [0.29, 0.717) is 4.91 Å². The number of imide groups is 1. The molecule has 1 aromatic heterocycles. The van der Waals surface area contributed by atoms with Crippen LogP contribution < -0.4 is 4.74 Å². The number of nitro groups is 1. The van der Waals surface area contributed by atoms with E-state index in [-0.39, 0.29) is 30.0 Å². The van der Waals surface area contributed by atoms with Crippen molar-refractivity contribution in [3.05, 3.63) is 91.6 Å². The quantitative estimate of drug-likeness (QED) is 0.238. The van der Waals surface area contributed by atoms with Gasteiger partial charge in [0.25, 0.3) is 16.8 Å². The lowest BCUT2D eigenvalue weighted by atomic mass is 10.1. The third-order valence-corrected chi connectivity index (χ3v) is 6.77. The molecule has 0 N–H and O–H groups in total. The lowest BCUT2D eigenvalue weighted by molar-refractivity contribution is -0.384. The van der Waals surface area contributed by atoms with E-state index in [0.717, 1.165) is 51.3 Å². The number of amides is 2. The Morgan fingerprint density at radius 3 is 2.43 bits per heavy atom. The first kappa shape index (κ1) is 24.3. The summed E-state index contributed by atoms with van der Waals surface area (Å²) >= 11 is 0.912. The van der Waals surface area contributed by atoms with Crippen LogP contribution in [0.5, 0.6) is 5.75 Å². The van der Waals surface area contributed by atoms with E-state index in [1.54, 1.807) is 18.2 Å². The van der Waals surface area contributed by atoms with Crippen LogP contribution in [-0.2, 0) is 4.79 Å². The number of aromatic nitrogens is 1. The predicted molar refractivity (Wildman–Crippen MR) is 136 cm³/mol. The van der Waals surface area contributed by atoms with E-state index in [1.165, 1.54) is 17.0 Å². The second-order valence-corrected chi connectivity index (χ2v) is 9.38. The average molecular weight is 492 g/mol. The number of benzene rings is 2. The maximum Gasteiger partial charge on any atom is 0.293 e. The van der Waals surface area contributed by atoms with Gasteiger partial charge in [-0.3, -0.25) is 24.6 Å². The molecule has 0 radical (unpaired) electrons. The Balaban J connectivity index is 1.50. The number of hydrogen-bond donors (Lipinski definition) is 0. The Kier molecular flexibility index (Phi) is 6.79. The fourth-order valence-corrected chi connectivity index (χ4v) is 4.85. The predicted octanol–water partition coefficient (Wildman–Crippen LogP) is 5.73. The third-order valence-electron chi connectivity index (χ3n) is 5.87. The molecule has 9 heteroatoms. The molecule has 0 spiro atoms. The van der Waals surface area contributed by atoms with Crippen molar-refractivity contribution in [2.45, 2.75) is 27.7 Å². The number of carbonyl (C=O) groups is 2. The molecule has 2 amide bonds. The second kappa shape index (κ2) is 9.79. The number of non-ortho nitro benzene ring substituents is 1. The number of nitro benzene ring substituents is 1. The van der Waals surface area contributed by atoms with Crippen molar-refractivity contribution in [1.82, 2.24) is 9.47 Å². The van der Waals surface area contributed by atoms with Crippen LogP contribution in [0.3, 0.4) is 0 Å². The minimum atomic E-state index is -0.437. The van der Waals surface area contributed by atoms with E-state index < -0.39 is 4.92 Å². The zero-order valence-corrected chi connectivity index (χ0v) is 20.7. The Hall–Kier alpha value is -3.85. The molecule has 180 valence electrons. The van der Waals surface area contributed by atoms with Gasteiger partial charge >= 0.3 is 0 Å². The van der Waals surface area contributed by atoms with Gasteiger partial charge in [-0.05, 0) is 86.5 Å². The van der Waals surface area contributed by atoms with Crippen molar-refractivity contribution in [2.24, 2.45) is 0 Å². The van der Waals surface area contributed by atoms with Crippen molar-refractivity contribution in [2.75, 3.05) is 13.2 Å². The summed E-state index contributed by atoms with van der Waals surface area (Å²) in [4.78, 5) is 37.5. The zero-order chi connectivity index (χ0) is 25.3. The summed E-state index contributed by atoms with van der Waals surface area (Å²) in [6.07, 6.45) is 1.72. The van der Waals surface area contributed by atoms with Gasteiger partial charge in [-0.25, -0.2) is 0 Å². The zero-order valence-electron chi connectivity index (χ0n) is 19.9. The number of ether oxygens (including phenoxy) is 1. The van der Waals surface area contributed by atoms with Gasteiger partial charge in [-0.2, -0.15) is 0 Å². The van der Waals surface area contributed by atoms with Crippen LogP contribution in [0.15, 0.2) is 53.4 Å². The van der Waals surface area contributed by atoms with Gasteiger partial charge in [0.1, 0.15) is 12.4 Å². The molecule has 2 aromatic carbocycles. The van der Waals surface area contributed by atoms with Crippen LogP contribution in [0.2, 0.25) is 0 Å². The topological polar surface area (TPSA) is 94.7 Å². The second-order valence-electron chi connectivity index (χ2n) is 8.39. The van der Waals surface area contributed by atoms with Crippen LogP contribution in [0, 0.1) is 37.8 Å². The number of hydrogen-bond acceptors (Lipinski definition) is 6. The largest absolute Gasteiger partial charge is 0.491 e. The van der Waals surface area contributed by atoms with Crippen molar-refractivity contribution in [3.63, 3.8) is 0 Å². The maximum atomic E-state index is 12.9. The average Bonchev–Trinajstić information content (AvgIpc) is 3.25. The van der Waals surface area contributed by atoms with Gasteiger partial charge in [0.05, 0.1) is 16.4 Å². The van der Waals surface area contributed by atoms with Gasteiger partial charge in [0, 0.05) is 29.2 Å². The minimum Gasteiger partial charge on any atom is -0.491 e. The standard InChI is InChI=1S/C26H25N3O5S/c1-16-5-6-17(2)23(13-16)34-12-11-27-25(30)24(35-26(27)31)15-20-14-18(3)28(19(20)4)21-7-9-22(10-8-21)29(32)33/h5-10,13-15H,11-12H2,1-4H3/b24-15-. The molecule has 35 heavy (non-hydrogen) atoms. The molecule has 3 aromatic rings. The summed E-state index contributed by atoms with van der Waals surface area (Å²) in [5.41, 5.74) is 5.44. The van der Waals surface area contributed by atoms with E-state index >= 15 is 0 Å². The first-order valence-corrected chi connectivity index (χ1v) is 11.9. The highest BCUT2D eigenvalue weighted by atomic mass is 32.2. The molecule has 1 aliphatic rings. The summed E-state index contributed by atoms with van der Waals surface area (Å²) in [6.45, 7) is 8.13. The fourth-order valence-electron chi connectivity index (χ4n) is 4.00. The van der Waals surface area contributed by atoms with Gasteiger partial charge in [-0.15, -0.1) is 0 Å². The van der Waals surface area contributed by atoms with Crippen LogP contribution in [-0.4, -0.2) is 38.7 Å². The van der Waals surface area contributed by atoms with E-state index in [2.05, 4.69) is 0 Å². The van der Waals surface area contributed by atoms with Crippen molar-refractivity contribution in [1.29, 1.82) is 0 Å². The Labute approximate surface area is 207 Å². The van der Waals surface area contributed by atoms with Gasteiger partial charge in [0.2, 0.25) is 0 Å². The number of rotatable bonds is 7. The SMILES string of the molecule is Cc1ccc(C)c(OCCN2C(=O)S/C(=C\c3cc(C)n(-c4ccc([N+](=O)[O-])cc4)c3C)C2=O)c1. The first-order chi connectivity index (χ1) is 16.7. The van der Waals surface area contributed by atoms with Gasteiger partial charge < -0.3 is 9.30 Å². The summed E-state index contributed by atoms with van der Waals surface area (Å²) in [7, 11) is 0. The molecule has 4 rings (SSSR count). The molecule has 0 atom stereocenters. The number of aryl methyl sites for hydroxylation is 3. The molecular formula is C26H25N3O5S. The molecule has 0 aliphatic carbocycles. The Morgan fingerprint density at radius 1 is 1.03 bits per heavy atom. The number of nitrogens with zero attached hydrogens (tertiary/aromatic N) is 3. The highest BCUT2D eigenvalue weighted by molar-refractivity contribution is 8.18. The molecule has 8 nitrogen and oxygen atoms in total. The molecule has 1 aliphatic heterocycles. The third kappa shape index (κ3) is 5.00. The number of thioether (sulfide) groups is 1. The molecule has 0 saturated carbocycles. The minimum absolute atomic E-state index is 0.0200. The summed E-state index contributed by atoms with van der Waals surface area (Å²) < 4.78 is 7.78. The van der Waals surface area contributed by atoms with Crippen molar-refractivity contribution < 1.29 is 19.2 Å². The fraction of sp³-hybridized carbons (Fsp3) is 0.231. The van der Waals surface area contributed by atoms with E-state index in [9.17, 15) is 19.7 Å². The Morgan fingerprint density at radius 2 is 1.74 bits per heavy atom. The normalized spacial score (nSPS) is 14.7. The Bertz CT molecular complexity index is 1360. The van der Waals surface area contributed by atoms with Crippen molar-refractivity contribution in [3.8, 4) is 11.4 Å². The van der Waals surface area contributed by atoms with Crippen LogP contribution in [0.4, 0.5) is 10.5 Å². The summed E-state index contributed by atoms with van der Waals surface area (Å²) in [5, 5.41) is 10.6. The summed E-state index contributed by atoms with van der Waals surface area (Å²) in [6, 6.07) is 14.1. The maximum absolute atomic E-state index is 12.9. The molecule has 2 heterocycles. The van der Waals surface area contributed by atoms with Crippen molar-refractivity contribution >= 4 is 34.7 Å².